The molecule has 0 radical (unpaired) electrons. The Kier molecular flexibility index (Phi) is 6.16. The monoisotopic (exact) mass is 723 g/mol. The van der Waals surface area contributed by atoms with E-state index in [9.17, 15) is 0 Å². The van der Waals surface area contributed by atoms with Gasteiger partial charge in [-0.2, -0.15) is 0 Å². The molecule has 0 amide bonds. The number of anilines is 3. The van der Waals surface area contributed by atoms with E-state index in [2.05, 4.69) is 214 Å². The van der Waals surface area contributed by atoms with Gasteiger partial charge in [-0.15, -0.1) is 0 Å². The molecule has 0 saturated heterocycles. The predicted molar refractivity (Wildman–Crippen MR) is 243 cm³/mol. The molecule has 0 aliphatic carbocycles. The molecule has 13 aromatic rings. The molecule has 3 aromatic heterocycles. The van der Waals surface area contributed by atoms with E-state index in [4.69, 9.17) is 0 Å². The van der Waals surface area contributed by atoms with Crippen molar-refractivity contribution >= 4 is 109 Å². The summed E-state index contributed by atoms with van der Waals surface area (Å²) in [6.45, 7) is 0. The second-order valence-corrected chi connectivity index (χ2v) is 15.3. The van der Waals surface area contributed by atoms with E-state index in [-0.39, 0.29) is 0 Å². The lowest BCUT2D eigenvalue weighted by Gasteiger charge is -2.27. The summed E-state index contributed by atoms with van der Waals surface area (Å²) in [7, 11) is 0. The average Bonchev–Trinajstić information content (AvgIpc) is 3.92. The molecule has 13 rings (SSSR count). The maximum absolute atomic E-state index is 2.51. The molecule has 0 N–H and O–H groups in total. The zero-order valence-corrected chi connectivity index (χ0v) is 30.9. The Labute approximate surface area is 327 Å². The molecule has 3 nitrogen and oxygen atoms in total. The lowest BCUT2D eigenvalue weighted by molar-refractivity contribution is 1.18. The van der Waals surface area contributed by atoms with Crippen molar-refractivity contribution in [3.05, 3.63) is 200 Å². The van der Waals surface area contributed by atoms with Gasteiger partial charge in [0.2, 0.25) is 0 Å². The van der Waals surface area contributed by atoms with Crippen LogP contribution in [0, 0.1) is 0 Å². The van der Waals surface area contributed by atoms with Gasteiger partial charge >= 0.3 is 0 Å². The summed E-state index contributed by atoms with van der Waals surface area (Å²) in [6.07, 6.45) is 0. The largest absolute Gasteiger partial charge is 0.310 e. The van der Waals surface area contributed by atoms with Gasteiger partial charge in [0.05, 0.1) is 33.3 Å². The quantitative estimate of drug-likeness (QED) is 0.165. The van der Waals surface area contributed by atoms with Crippen LogP contribution in [0.5, 0.6) is 0 Å². The number of hydrogen-bond donors (Lipinski definition) is 0. The first-order valence-corrected chi connectivity index (χ1v) is 19.7. The summed E-state index contributed by atoms with van der Waals surface area (Å²) in [4.78, 5) is 2.51. The molecule has 57 heavy (non-hydrogen) atoms. The normalized spacial score (nSPS) is 12.2. The summed E-state index contributed by atoms with van der Waals surface area (Å²) in [5, 5.41) is 15.1. The number of para-hydroxylation sites is 4. The van der Waals surface area contributed by atoms with Crippen molar-refractivity contribution in [2.45, 2.75) is 0 Å². The fraction of sp³-hybridized carbons (Fsp3) is 0. The molecule has 0 atom stereocenters. The van der Waals surface area contributed by atoms with E-state index in [0.29, 0.717) is 0 Å². The van der Waals surface area contributed by atoms with Crippen LogP contribution >= 0.6 is 0 Å². The zero-order chi connectivity index (χ0) is 37.2. The smallest absolute Gasteiger partial charge is 0.0641 e. The van der Waals surface area contributed by atoms with E-state index >= 15 is 0 Å². The van der Waals surface area contributed by atoms with Gasteiger partial charge in [-0.3, -0.25) is 0 Å². The van der Waals surface area contributed by atoms with Crippen LogP contribution in [0.15, 0.2) is 200 Å². The fourth-order valence-corrected chi connectivity index (χ4v) is 10.0. The summed E-state index contributed by atoms with van der Waals surface area (Å²) in [5.74, 6) is 0. The van der Waals surface area contributed by atoms with Gasteiger partial charge in [0, 0.05) is 49.4 Å². The Balaban J connectivity index is 1.16. The van der Waals surface area contributed by atoms with Crippen LogP contribution < -0.4 is 4.90 Å². The highest BCUT2D eigenvalue weighted by Crippen LogP contribution is 2.49. The fourth-order valence-electron chi connectivity index (χ4n) is 10.0. The lowest BCUT2D eigenvalue weighted by Crippen LogP contribution is -2.10. The van der Waals surface area contributed by atoms with E-state index in [1.807, 2.05) is 0 Å². The number of nitrogens with zero attached hydrogens (tertiary/aromatic N) is 3. The topological polar surface area (TPSA) is 12.6 Å². The highest BCUT2D eigenvalue weighted by Gasteiger charge is 2.25. The third kappa shape index (κ3) is 4.15. The Hall–Kier alpha value is -7.62. The van der Waals surface area contributed by atoms with Crippen LogP contribution in [0.2, 0.25) is 0 Å². The maximum Gasteiger partial charge on any atom is 0.0641 e. The van der Waals surface area contributed by atoms with Crippen molar-refractivity contribution in [3.8, 4) is 5.69 Å². The van der Waals surface area contributed by atoms with Gasteiger partial charge in [0.1, 0.15) is 0 Å². The van der Waals surface area contributed by atoms with Gasteiger partial charge in [-0.05, 0) is 99.0 Å². The van der Waals surface area contributed by atoms with Crippen molar-refractivity contribution in [3.63, 3.8) is 0 Å². The van der Waals surface area contributed by atoms with Crippen LogP contribution in [-0.4, -0.2) is 8.97 Å². The van der Waals surface area contributed by atoms with E-state index in [0.717, 1.165) is 22.7 Å². The molecular formula is C54H33N3. The highest BCUT2D eigenvalue weighted by atomic mass is 15.1. The maximum atomic E-state index is 2.51. The third-order valence-corrected chi connectivity index (χ3v) is 12.4. The summed E-state index contributed by atoms with van der Waals surface area (Å²) < 4.78 is 4.88. The molecule has 0 unspecified atom stereocenters. The SMILES string of the molecule is c1ccc(-n2c3ccccc3c3cc(N(c4ccc5c6ccccc6c6ccccc6c5c4)c4ccc5c6ccccc6n6c7ccccc7c4c56)ccc32)cc1. The van der Waals surface area contributed by atoms with Crippen molar-refractivity contribution < 1.29 is 0 Å². The Bertz CT molecular complexity index is 3720. The number of hydrogen-bond acceptors (Lipinski definition) is 1. The van der Waals surface area contributed by atoms with Gasteiger partial charge in [0.25, 0.3) is 0 Å². The van der Waals surface area contributed by atoms with Crippen molar-refractivity contribution in [2.24, 2.45) is 0 Å². The molecule has 0 aliphatic heterocycles. The van der Waals surface area contributed by atoms with Gasteiger partial charge in [-0.1, -0.05) is 133 Å². The first kappa shape index (κ1) is 30.7. The molecule has 0 fully saturated rings. The summed E-state index contributed by atoms with van der Waals surface area (Å²) in [6, 6.07) is 73.8. The molecule has 3 heterocycles. The molecular weight excluding hydrogens is 691 g/mol. The minimum Gasteiger partial charge on any atom is -0.310 e. The van der Waals surface area contributed by atoms with Crippen molar-refractivity contribution in [2.75, 3.05) is 4.90 Å². The number of rotatable bonds is 4. The van der Waals surface area contributed by atoms with Gasteiger partial charge in [0.15, 0.2) is 0 Å². The van der Waals surface area contributed by atoms with Crippen LogP contribution in [-0.2, 0) is 0 Å². The van der Waals surface area contributed by atoms with Crippen molar-refractivity contribution in [1.29, 1.82) is 0 Å². The zero-order valence-electron chi connectivity index (χ0n) is 30.9. The van der Waals surface area contributed by atoms with Crippen LogP contribution in [0.3, 0.4) is 0 Å². The van der Waals surface area contributed by atoms with Crippen LogP contribution in [0.1, 0.15) is 0 Å². The van der Waals surface area contributed by atoms with Crippen LogP contribution in [0.25, 0.3) is 97.9 Å². The summed E-state index contributed by atoms with van der Waals surface area (Å²) >= 11 is 0. The second-order valence-electron chi connectivity index (χ2n) is 15.3. The highest BCUT2D eigenvalue weighted by molar-refractivity contribution is 6.29. The second kappa shape index (κ2) is 11.5. The van der Waals surface area contributed by atoms with E-state index < -0.39 is 0 Å². The standard InChI is InChI=1S/C54H33N3/c1-2-14-34(15-3-1)56-48-23-11-9-21-43(48)47-33-36(27-30-51(47)56)55(35-26-28-41-39-18-5-4-16-37(39)38-17-6-7-19-40(38)46(41)32-35)52-31-29-44-42-20-8-12-24-49(42)57-50-25-13-10-22-45(50)53(52)54(44)57/h1-33H. The first-order chi connectivity index (χ1) is 28.3. The lowest BCUT2D eigenvalue weighted by atomic mass is 9.94. The Morgan fingerprint density at radius 3 is 1.44 bits per heavy atom. The van der Waals surface area contributed by atoms with Crippen LogP contribution in [0.4, 0.5) is 17.1 Å². The molecule has 3 heteroatoms. The summed E-state index contributed by atoms with van der Waals surface area (Å²) in [5.41, 5.74) is 10.7. The Morgan fingerprint density at radius 1 is 0.298 bits per heavy atom. The Morgan fingerprint density at radius 2 is 0.754 bits per heavy atom. The number of benzene rings is 10. The van der Waals surface area contributed by atoms with E-state index in [1.165, 1.54) is 92.2 Å². The molecule has 0 bridgehead atoms. The molecule has 10 aromatic carbocycles. The molecule has 0 saturated carbocycles. The van der Waals surface area contributed by atoms with E-state index in [1.54, 1.807) is 0 Å². The van der Waals surface area contributed by atoms with Gasteiger partial charge in [-0.25, -0.2) is 0 Å². The molecule has 264 valence electrons. The minimum absolute atomic E-state index is 1.12. The van der Waals surface area contributed by atoms with Gasteiger partial charge < -0.3 is 13.9 Å². The number of aromatic nitrogens is 2. The third-order valence-electron chi connectivity index (χ3n) is 12.4. The average molecular weight is 724 g/mol. The van der Waals surface area contributed by atoms with Crippen molar-refractivity contribution in [1.82, 2.24) is 8.97 Å². The minimum atomic E-state index is 1.12. The first-order valence-electron chi connectivity index (χ1n) is 19.7. The number of fused-ring (bicyclic) bond motifs is 15. The molecule has 0 spiro atoms. The molecule has 0 aliphatic rings. The predicted octanol–water partition coefficient (Wildman–Crippen LogP) is 14.9.